The lowest BCUT2D eigenvalue weighted by atomic mass is 10.3. The van der Waals surface area contributed by atoms with Crippen molar-refractivity contribution in [3.05, 3.63) is 53.3 Å². The van der Waals surface area contributed by atoms with E-state index in [1.54, 1.807) is 36.4 Å². The molecule has 2 rings (SSSR count). The third kappa shape index (κ3) is 2.35. The number of rotatable bonds is 2. The molecular weight excluding hydrogens is 226 g/mol. The molecule has 0 aliphatic carbocycles. The van der Waals surface area contributed by atoms with Crippen molar-refractivity contribution in [2.24, 2.45) is 0 Å². The number of halogens is 1. The van der Waals surface area contributed by atoms with Gasteiger partial charge in [0.25, 0.3) is 5.91 Å². The Morgan fingerprint density at radius 2 is 2.00 bits per heavy atom. The van der Waals surface area contributed by atoms with Crippen molar-refractivity contribution in [2.45, 2.75) is 0 Å². The van der Waals surface area contributed by atoms with Gasteiger partial charge >= 0.3 is 0 Å². The van der Waals surface area contributed by atoms with Gasteiger partial charge in [-0.2, -0.15) is 5.10 Å². The quantitative estimate of drug-likeness (QED) is 0.867. The zero-order chi connectivity index (χ0) is 11.4. The Hall–Kier alpha value is -1.94. The van der Waals surface area contributed by atoms with E-state index in [-0.39, 0.29) is 11.6 Å². The molecule has 0 unspecified atom stereocenters. The van der Waals surface area contributed by atoms with E-state index in [4.69, 9.17) is 11.6 Å². The molecule has 0 bridgehead atoms. The summed E-state index contributed by atoms with van der Waals surface area (Å²) in [6.07, 6.45) is 1.51. The highest BCUT2D eigenvalue weighted by Crippen LogP contribution is 2.20. The fourth-order valence-electron chi connectivity index (χ4n) is 1.17. The molecule has 0 fully saturated rings. The van der Waals surface area contributed by atoms with E-state index >= 15 is 0 Å². The van der Waals surface area contributed by atoms with E-state index in [9.17, 15) is 4.79 Å². The van der Waals surface area contributed by atoms with E-state index in [1.807, 2.05) is 0 Å². The molecule has 4 nitrogen and oxygen atoms in total. The topological polar surface area (TPSA) is 54.9 Å². The first-order valence-corrected chi connectivity index (χ1v) is 4.99. The first-order chi connectivity index (χ1) is 7.77. The lowest BCUT2D eigenvalue weighted by Crippen LogP contribution is -2.14. The molecule has 0 spiro atoms. The Kier molecular flexibility index (Phi) is 3.12. The summed E-state index contributed by atoms with van der Waals surface area (Å²) in [5, 5.41) is 10.5. The van der Waals surface area contributed by atoms with Gasteiger partial charge in [0.05, 0.1) is 10.7 Å². The predicted octanol–water partition coefficient (Wildman–Crippen LogP) is 2.38. The molecule has 1 heterocycles. The van der Waals surface area contributed by atoms with E-state index in [2.05, 4.69) is 15.5 Å². The van der Waals surface area contributed by atoms with Crippen LogP contribution in [0.1, 0.15) is 10.5 Å². The fourth-order valence-corrected chi connectivity index (χ4v) is 1.35. The van der Waals surface area contributed by atoms with Crippen molar-refractivity contribution in [3.63, 3.8) is 0 Å². The van der Waals surface area contributed by atoms with Crippen LogP contribution in [-0.4, -0.2) is 16.1 Å². The van der Waals surface area contributed by atoms with Crippen LogP contribution in [0.15, 0.2) is 42.6 Å². The van der Waals surface area contributed by atoms with Crippen LogP contribution in [0, 0.1) is 0 Å². The van der Waals surface area contributed by atoms with Crippen molar-refractivity contribution < 1.29 is 4.79 Å². The van der Waals surface area contributed by atoms with Crippen LogP contribution in [0.25, 0.3) is 0 Å². The fraction of sp³-hybridized carbons (Fsp3) is 0. The van der Waals surface area contributed by atoms with Gasteiger partial charge in [0.1, 0.15) is 0 Å². The summed E-state index contributed by atoms with van der Waals surface area (Å²) in [7, 11) is 0. The summed E-state index contributed by atoms with van der Waals surface area (Å²) in [6.45, 7) is 0. The minimum absolute atomic E-state index is 0.252. The number of nitrogens with one attached hydrogen (secondary N) is 1. The second-order valence-electron chi connectivity index (χ2n) is 3.04. The van der Waals surface area contributed by atoms with Gasteiger partial charge in [-0.05, 0) is 24.3 Å². The molecular formula is C11H8ClN3O. The summed E-state index contributed by atoms with van der Waals surface area (Å²) in [6, 6.07) is 10.2. The minimum atomic E-state index is -0.332. The highest BCUT2D eigenvalue weighted by Gasteiger charge is 2.08. The largest absolute Gasteiger partial charge is 0.319 e. The monoisotopic (exact) mass is 233 g/mol. The number of amides is 1. The Morgan fingerprint density at radius 3 is 2.69 bits per heavy atom. The maximum atomic E-state index is 11.7. The Morgan fingerprint density at radius 1 is 1.19 bits per heavy atom. The predicted molar refractivity (Wildman–Crippen MR) is 61.4 cm³/mol. The van der Waals surface area contributed by atoms with Gasteiger partial charge < -0.3 is 5.32 Å². The van der Waals surface area contributed by atoms with Gasteiger partial charge in [0, 0.05) is 6.20 Å². The number of para-hydroxylation sites is 1. The number of carbonyl (C=O) groups excluding carboxylic acids is 1. The van der Waals surface area contributed by atoms with E-state index < -0.39 is 0 Å². The molecule has 0 aliphatic heterocycles. The highest BCUT2D eigenvalue weighted by molar-refractivity contribution is 6.33. The van der Waals surface area contributed by atoms with Crippen LogP contribution in [0.3, 0.4) is 0 Å². The van der Waals surface area contributed by atoms with Crippen molar-refractivity contribution in [3.8, 4) is 0 Å². The van der Waals surface area contributed by atoms with Crippen molar-refractivity contribution in [1.29, 1.82) is 0 Å². The molecule has 0 saturated heterocycles. The normalized spacial score (nSPS) is 9.81. The van der Waals surface area contributed by atoms with Crippen molar-refractivity contribution in [2.75, 3.05) is 5.32 Å². The molecule has 0 saturated carbocycles. The van der Waals surface area contributed by atoms with Gasteiger partial charge in [-0.15, -0.1) is 5.10 Å². The minimum Gasteiger partial charge on any atom is -0.319 e. The first-order valence-electron chi connectivity index (χ1n) is 4.61. The number of hydrogen-bond acceptors (Lipinski definition) is 3. The van der Waals surface area contributed by atoms with Gasteiger partial charge in [-0.3, -0.25) is 4.79 Å². The average Bonchev–Trinajstić information content (AvgIpc) is 2.33. The molecule has 0 atom stereocenters. The number of hydrogen-bond donors (Lipinski definition) is 1. The van der Waals surface area contributed by atoms with Gasteiger partial charge in [-0.25, -0.2) is 0 Å². The SMILES string of the molecule is O=C(Nc1ccccc1Cl)c1cccnn1. The molecule has 80 valence electrons. The maximum absolute atomic E-state index is 11.7. The molecule has 5 heteroatoms. The van der Waals surface area contributed by atoms with Gasteiger partial charge in [0.15, 0.2) is 5.69 Å². The Labute approximate surface area is 97.3 Å². The van der Waals surface area contributed by atoms with Crippen LogP contribution >= 0.6 is 11.6 Å². The molecule has 1 aromatic carbocycles. The second-order valence-corrected chi connectivity index (χ2v) is 3.45. The molecule has 0 radical (unpaired) electrons. The zero-order valence-corrected chi connectivity index (χ0v) is 8.98. The summed E-state index contributed by atoms with van der Waals surface area (Å²) in [5.74, 6) is -0.332. The van der Waals surface area contributed by atoms with Gasteiger partial charge in [0.2, 0.25) is 0 Å². The summed E-state index contributed by atoms with van der Waals surface area (Å²) >= 11 is 5.91. The van der Waals surface area contributed by atoms with Crippen molar-refractivity contribution >= 4 is 23.2 Å². The first kappa shape index (κ1) is 10.6. The zero-order valence-electron chi connectivity index (χ0n) is 8.22. The third-order valence-electron chi connectivity index (χ3n) is 1.93. The average molecular weight is 234 g/mol. The van der Waals surface area contributed by atoms with Crippen LogP contribution in [0.5, 0.6) is 0 Å². The number of benzene rings is 1. The molecule has 16 heavy (non-hydrogen) atoms. The standard InChI is InChI=1S/C11H8ClN3O/c12-8-4-1-2-5-9(8)14-11(16)10-6-3-7-13-15-10/h1-7H,(H,14,16). The maximum Gasteiger partial charge on any atom is 0.276 e. The Bertz CT molecular complexity index is 502. The Balaban J connectivity index is 2.18. The molecule has 2 aromatic rings. The van der Waals surface area contributed by atoms with Crippen LogP contribution < -0.4 is 5.32 Å². The van der Waals surface area contributed by atoms with Crippen LogP contribution in [-0.2, 0) is 0 Å². The third-order valence-corrected chi connectivity index (χ3v) is 2.26. The summed E-state index contributed by atoms with van der Waals surface area (Å²) in [4.78, 5) is 11.7. The lowest BCUT2D eigenvalue weighted by Gasteiger charge is -2.05. The van der Waals surface area contributed by atoms with E-state index in [0.717, 1.165) is 0 Å². The highest BCUT2D eigenvalue weighted by atomic mass is 35.5. The van der Waals surface area contributed by atoms with Crippen LogP contribution in [0.4, 0.5) is 5.69 Å². The molecule has 1 aromatic heterocycles. The van der Waals surface area contributed by atoms with E-state index in [0.29, 0.717) is 10.7 Å². The summed E-state index contributed by atoms with van der Waals surface area (Å²) < 4.78 is 0. The smallest absolute Gasteiger partial charge is 0.276 e. The second kappa shape index (κ2) is 4.72. The van der Waals surface area contributed by atoms with Crippen molar-refractivity contribution in [1.82, 2.24) is 10.2 Å². The number of carbonyl (C=O) groups is 1. The molecule has 0 aliphatic rings. The number of nitrogens with zero attached hydrogens (tertiary/aromatic N) is 2. The molecule has 1 amide bonds. The lowest BCUT2D eigenvalue weighted by molar-refractivity contribution is 0.102. The number of aromatic nitrogens is 2. The molecule has 1 N–H and O–H groups in total. The van der Waals surface area contributed by atoms with Gasteiger partial charge in [-0.1, -0.05) is 23.7 Å². The van der Waals surface area contributed by atoms with E-state index in [1.165, 1.54) is 6.20 Å². The summed E-state index contributed by atoms with van der Waals surface area (Å²) in [5.41, 5.74) is 0.808. The van der Waals surface area contributed by atoms with Crippen LogP contribution in [0.2, 0.25) is 5.02 Å². The number of anilines is 1.